The van der Waals surface area contributed by atoms with Gasteiger partial charge in [-0.3, -0.25) is 0 Å². The highest BCUT2D eigenvalue weighted by Gasteiger charge is 2.26. The molecule has 0 atom stereocenters. The van der Waals surface area contributed by atoms with Crippen LogP contribution in [0.3, 0.4) is 0 Å². The van der Waals surface area contributed by atoms with Crippen LogP contribution in [0.25, 0.3) is 0 Å². The highest BCUT2D eigenvalue weighted by atomic mass is 16.3. The third-order valence-electron chi connectivity index (χ3n) is 2.93. The fraction of sp³-hybridized carbons (Fsp3) is 0.667. The second-order valence-electron chi connectivity index (χ2n) is 5.30. The van der Waals surface area contributed by atoms with Crippen molar-refractivity contribution in [1.29, 1.82) is 0 Å². The van der Waals surface area contributed by atoms with E-state index in [1.165, 1.54) is 0 Å². The predicted molar refractivity (Wildman–Crippen MR) is 71.9 cm³/mol. The number of hydrogen-bond donors (Lipinski definition) is 3. The Labute approximate surface area is 107 Å². The van der Waals surface area contributed by atoms with Crippen molar-refractivity contribution in [3.8, 4) is 0 Å². The minimum Gasteiger partial charge on any atom is -0.389 e. The summed E-state index contributed by atoms with van der Waals surface area (Å²) in [5.41, 5.74) is -0.770. The van der Waals surface area contributed by atoms with E-state index in [1.807, 2.05) is 13.1 Å². The van der Waals surface area contributed by atoms with Gasteiger partial charge in [0, 0.05) is 31.9 Å². The lowest BCUT2D eigenvalue weighted by molar-refractivity contribution is 0.0943. The lowest BCUT2D eigenvalue weighted by Crippen LogP contribution is -2.57. The second-order valence-corrected chi connectivity index (χ2v) is 5.30. The van der Waals surface area contributed by atoms with E-state index in [9.17, 15) is 5.11 Å². The van der Waals surface area contributed by atoms with Gasteiger partial charge in [-0.2, -0.15) is 4.98 Å². The number of nitrogens with one attached hydrogen (secondary N) is 2. The van der Waals surface area contributed by atoms with Gasteiger partial charge in [0.2, 0.25) is 5.95 Å². The van der Waals surface area contributed by atoms with Gasteiger partial charge in [0.25, 0.3) is 0 Å². The topological polar surface area (TPSA) is 73.3 Å². The molecule has 0 aromatic carbocycles. The summed E-state index contributed by atoms with van der Waals surface area (Å²) in [6.45, 7) is 5.86. The molecule has 1 aliphatic heterocycles. The number of aliphatic hydroxyl groups is 1. The van der Waals surface area contributed by atoms with Crippen LogP contribution in [0, 0.1) is 0 Å². The SMILES string of the molecule is CNC1CN(c2ccnc(NCC(C)(C)O)n2)C1. The molecule has 0 unspecified atom stereocenters. The normalized spacial score (nSPS) is 16.6. The summed E-state index contributed by atoms with van der Waals surface area (Å²) < 4.78 is 0. The Bertz CT molecular complexity index is 398. The first-order valence-electron chi connectivity index (χ1n) is 6.19. The molecule has 0 saturated carbocycles. The third-order valence-corrected chi connectivity index (χ3v) is 2.93. The molecule has 6 nitrogen and oxygen atoms in total. The maximum Gasteiger partial charge on any atom is 0.224 e. The van der Waals surface area contributed by atoms with Crippen molar-refractivity contribution in [2.24, 2.45) is 0 Å². The maximum absolute atomic E-state index is 9.64. The lowest BCUT2D eigenvalue weighted by Gasteiger charge is -2.39. The van der Waals surface area contributed by atoms with Gasteiger partial charge in [-0.05, 0) is 27.0 Å². The number of anilines is 2. The number of aromatic nitrogens is 2. The zero-order valence-corrected chi connectivity index (χ0v) is 11.1. The van der Waals surface area contributed by atoms with Crippen LogP contribution in [-0.2, 0) is 0 Å². The van der Waals surface area contributed by atoms with Crippen molar-refractivity contribution < 1.29 is 5.11 Å². The Kier molecular flexibility index (Phi) is 3.68. The van der Waals surface area contributed by atoms with Gasteiger partial charge in [0.15, 0.2) is 0 Å². The summed E-state index contributed by atoms with van der Waals surface area (Å²) in [4.78, 5) is 10.8. The molecule has 2 rings (SSSR count). The van der Waals surface area contributed by atoms with Gasteiger partial charge < -0.3 is 20.6 Å². The van der Waals surface area contributed by atoms with Gasteiger partial charge in [-0.15, -0.1) is 0 Å². The van der Waals surface area contributed by atoms with E-state index >= 15 is 0 Å². The monoisotopic (exact) mass is 251 g/mol. The lowest BCUT2D eigenvalue weighted by atomic mass is 10.1. The van der Waals surface area contributed by atoms with Crippen molar-refractivity contribution in [1.82, 2.24) is 15.3 Å². The average molecular weight is 251 g/mol. The Morgan fingerprint density at radius 2 is 2.22 bits per heavy atom. The summed E-state index contributed by atoms with van der Waals surface area (Å²) >= 11 is 0. The third kappa shape index (κ3) is 3.30. The molecule has 100 valence electrons. The van der Waals surface area contributed by atoms with Crippen LogP contribution in [0.15, 0.2) is 12.3 Å². The van der Waals surface area contributed by atoms with Crippen LogP contribution in [0.5, 0.6) is 0 Å². The Balaban J connectivity index is 1.94. The summed E-state index contributed by atoms with van der Waals surface area (Å²) in [5, 5.41) is 15.9. The molecule has 0 spiro atoms. The molecule has 6 heteroatoms. The molecule has 1 aliphatic rings. The van der Waals surface area contributed by atoms with Crippen molar-refractivity contribution >= 4 is 11.8 Å². The van der Waals surface area contributed by atoms with E-state index in [0.29, 0.717) is 18.5 Å². The highest BCUT2D eigenvalue weighted by Crippen LogP contribution is 2.18. The molecule has 0 amide bonds. The van der Waals surface area contributed by atoms with E-state index in [1.54, 1.807) is 20.0 Å². The van der Waals surface area contributed by atoms with Crippen LogP contribution in [-0.4, -0.2) is 53.4 Å². The molecular weight excluding hydrogens is 230 g/mol. The summed E-state index contributed by atoms with van der Waals surface area (Å²) in [6, 6.07) is 2.45. The first-order chi connectivity index (χ1) is 8.48. The number of rotatable bonds is 5. The van der Waals surface area contributed by atoms with E-state index in [0.717, 1.165) is 18.9 Å². The molecular formula is C12H21N5O. The van der Waals surface area contributed by atoms with Crippen molar-refractivity contribution in [3.63, 3.8) is 0 Å². The van der Waals surface area contributed by atoms with E-state index in [4.69, 9.17) is 0 Å². The molecule has 1 saturated heterocycles. The molecule has 18 heavy (non-hydrogen) atoms. The van der Waals surface area contributed by atoms with Crippen LogP contribution in [0.1, 0.15) is 13.8 Å². The van der Waals surface area contributed by atoms with E-state index in [-0.39, 0.29) is 0 Å². The molecule has 0 aliphatic carbocycles. The predicted octanol–water partition coefficient (Wildman–Crippen LogP) is 0.0674. The Hall–Kier alpha value is -1.40. The first-order valence-corrected chi connectivity index (χ1v) is 6.19. The fourth-order valence-corrected chi connectivity index (χ4v) is 1.75. The van der Waals surface area contributed by atoms with Gasteiger partial charge in [-0.1, -0.05) is 0 Å². The quantitative estimate of drug-likeness (QED) is 0.687. The summed E-state index contributed by atoms with van der Waals surface area (Å²) in [5.74, 6) is 1.48. The van der Waals surface area contributed by atoms with Gasteiger partial charge >= 0.3 is 0 Å². The average Bonchev–Trinajstić information content (AvgIpc) is 2.25. The van der Waals surface area contributed by atoms with Crippen LogP contribution >= 0.6 is 0 Å². The fourth-order valence-electron chi connectivity index (χ4n) is 1.75. The van der Waals surface area contributed by atoms with Crippen molar-refractivity contribution in [3.05, 3.63) is 12.3 Å². The summed E-state index contributed by atoms with van der Waals surface area (Å²) in [7, 11) is 1.97. The smallest absolute Gasteiger partial charge is 0.224 e. The highest BCUT2D eigenvalue weighted by molar-refractivity contribution is 5.45. The van der Waals surface area contributed by atoms with E-state index < -0.39 is 5.60 Å². The van der Waals surface area contributed by atoms with Crippen molar-refractivity contribution in [2.45, 2.75) is 25.5 Å². The molecule has 0 radical (unpaired) electrons. The number of hydrogen-bond acceptors (Lipinski definition) is 6. The molecule has 0 bridgehead atoms. The molecule has 2 heterocycles. The molecule has 3 N–H and O–H groups in total. The maximum atomic E-state index is 9.64. The summed E-state index contributed by atoms with van der Waals surface area (Å²) in [6.07, 6.45) is 1.74. The largest absolute Gasteiger partial charge is 0.389 e. The second kappa shape index (κ2) is 5.07. The van der Waals surface area contributed by atoms with Crippen LogP contribution in [0.2, 0.25) is 0 Å². The van der Waals surface area contributed by atoms with Crippen LogP contribution < -0.4 is 15.5 Å². The van der Waals surface area contributed by atoms with E-state index in [2.05, 4.69) is 25.5 Å². The number of nitrogens with zero attached hydrogens (tertiary/aromatic N) is 3. The van der Waals surface area contributed by atoms with Gasteiger partial charge in [0.05, 0.1) is 5.60 Å². The molecule has 1 aromatic rings. The number of likely N-dealkylation sites (N-methyl/N-ethyl adjacent to an activating group) is 1. The Morgan fingerprint density at radius 1 is 1.50 bits per heavy atom. The van der Waals surface area contributed by atoms with Gasteiger partial charge in [-0.25, -0.2) is 4.98 Å². The van der Waals surface area contributed by atoms with Gasteiger partial charge in [0.1, 0.15) is 5.82 Å². The minimum atomic E-state index is -0.770. The zero-order chi connectivity index (χ0) is 13.2. The minimum absolute atomic E-state index is 0.426. The molecule has 1 fully saturated rings. The first kappa shape index (κ1) is 13.0. The van der Waals surface area contributed by atoms with Crippen molar-refractivity contribution in [2.75, 3.05) is 36.9 Å². The standard InChI is InChI=1S/C12H21N5O/c1-12(2,18)8-15-11-14-5-4-10(16-11)17-6-9(7-17)13-3/h4-5,9,13,18H,6-8H2,1-3H3,(H,14,15,16). The molecule has 1 aromatic heterocycles. The van der Waals surface area contributed by atoms with Crippen LogP contribution in [0.4, 0.5) is 11.8 Å². The Morgan fingerprint density at radius 3 is 2.83 bits per heavy atom. The zero-order valence-electron chi connectivity index (χ0n) is 11.1.